The topological polar surface area (TPSA) is 0 Å². The van der Waals surface area contributed by atoms with Crippen LogP contribution in [0.2, 0.25) is 0 Å². The fourth-order valence-corrected chi connectivity index (χ4v) is 5.50. The SMILES string of the molecule is CC1CCC(C2Cc3cc4c(cc3C2)CC(C(F)(F)F)(C(F)(F)F)C4)CC1. The molecule has 0 saturated heterocycles. The monoisotopic (exact) mass is 390 g/mol. The Balaban J connectivity index is 1.57. The summed E-state index contributed by atoms with van der Waals surface area (Å²) in [6, 6.07) is 3.30. The number of hydrogen-bond acceptors (Lipinski definition) is 0. The quantitative estimate of drug-likeness (QED) is 0.484. The third-order valence-electron chi connectivity index (χ3n) is 7.28. The molecule has 3 aliphatic carbocycles. The smallest absolute Gasteiger partial charge is 0.170 e. The number of hydrogen-bond donors (Lipinski definition) is 0. The van der Waals surface area contributed by atoms with E-state index in [1.54, 1.807) is 12.1 Å². The summed E-state index contributed by atoms with van der Waals surface area (Å²) in [5.41, 5.74) is -1.21. The summed E-state index contributed by atoms with van der Waals surface area (Å²) in [5, 5.41) is 0. The van der Waals surface area contributed by atoms with Gasteiger partial charge in [0.2, 0.25) is 0 Å². The maximum absolute atomic E-state index is 13.4. The lowest BCUT2D eigenvalue weighted by Crippen LogP contribution is -2.50. The summed E-state index contributed by atoms with van der Waals surface area (Å²) in [6.45, 7) is 2.26. The van der Waals surface area contributed by atoms with E-state index in [4.69, 9.17) is 0 Å². The lowest BCUT2D eigenvalue weighted by molar-refractivity contribution is -0.337. The fraction of sp³-hybridized carbons (Fsp3) is 0.714. The Morgan fingerprint density at radius 1 is 0.704 bits per heavy atom. The molecular weight excluding hydrogens is 366 g/mol. The van der Waals surface area contributed by atoms with E-state index in [1.807, 2.05) is 0 Å². The van der Waals surface area contributed by atoms with E-state index in [-0.39, 0.29) is 11.1 Å². The summed E-state index contributed by atoms with van der Waals surface area (Å²) in [5.74, 6) is 1.88. The van der Waals surface area contributed by atoms with E-state index in [2.05, 4.69) is 6.92 Å². The van der Waals surface area contributed by atoms with Gasteiger partial charge in [-0.05, 0) is 78.5 Å². The van der Waals surface area contributed by atoms with E-state index in [0.717, 1.165) is 29.9 Å². The molecule has 0 unspecified atom stereocenters. The summed E-state index contributed by atoms with van der Waals surface area (Å²) in [7, 11) is 0. The molecule has 0 heterocycles. The second kappa shape index (κ2) is 6.15. The third-order valence-corrected chi connectivity index (χ3v) is 7.28. The second-order valence-electron chi connectivity index (χ2n) is 9.01. The molecule has 0 radical (unpaired) electrons. The van der Waals surface area contributed by atoms with Crippen LogP contribution in [-0.4, -0.2) is 12.4 Å². The predicted octanol–water partition coefficient (Wildman–Crippen LogP) is 6.44. The van der Waals surface area contributed by atoms with Crippen LogP contribution in [-0.2, 0) is 25.7 Å². The van der Waals surface area contributed by atoms with E-state index in [1.165, 1.54) is 25.7 Å². The van der Waals surface area contributed by atoms with Gasteiger partial charge >= 0.3 is 12.4 Å². The largest absolute Gasteiger partial charge is 0.403 e. The van der Waals surface area contributed by atoms with Crippen LogP contribution in [0.3, 0.4) is 0 Å². The van der Waals surface area contributed by atoms with Crippen LogP contribution in [0.4, 0.5) is 26.3 Å². The molecule has 0 amide bonds. The molecule has 0 aromatic heterocycles. The van der Waals surface area contributed by atoms with E-state index < -0.39 is 30.6 Å². The highest BCUT2D eigenvalue weighted by molar-refractivity contribution is 5.46. The van der Waals surface area contributed by atoms with Gasteiger partial charge in [0.15, 0.2) is 5.41 Å². The van der Waals surface area contributed by atoms with Gasteiger partial charge in [0.25, 0.3) is 0 Å². The maximum atomic E-state index is 13.4. The Kier molecular flexibility index (Phi) is 4.36. The molecule has 0 N–H and O–H groups in total. The van der Waals surface area contributed by atoms with Gasteiger partial charge in [-0.15, -0.1) is 0 Å². The summed E-state index contributed by atoms with van der Waals surface area (Å²) in [6.07, 6.45) is -6.15. The van der Waals surface area contributed by atoms with Gasteiger partial charge in [-0.1, -0.05) is 31.9 Å². The molecule has 0 nitrogen and oxygen atoms in total. The zero-order chi connectivity index (χ0) is 19.6. The third kappa shape index (κ3) is 3.07. The van der Waals surface area contributed by atoms with Gasteiger partial charge in [-0.2, -0.15) is 26.3 Å². The number of fused-ring (bicyclic) bond motifs is 2. The highest BCUT2D eigenvalue weighted by atomic mass is 19.4. The van der Waals surface area contributed by atoms with Gasteiger partial charge in [0.1, 0.15) is 0 Å². The first-order valence-corrected chi connectivity index (χ1v) is 9.77. The Morgan fingerprint density at radius 3 is 1.56 bits per heavy atom. The molecule has 150 valence electrons. The first-order chi connectivity index (χ1) is 12.5. The van der Waals surface area contributed by atoms with Crippen LogP contribution in [0.5, 0.6) is 0 Å². The lowest BCUT2D eigenvalue weighted by atomic mass is 9.75. The van der Waals surface area contributed by atoms with Gasteiger partial charge in [-0.3, -0.25) is 0 Å². The Bertz CT molecular complexity index is 670. The van der Waals surface area contributed by atoms with Crippen molar-refractivity contribution in [2.24, 2.45) is 23.2 Å². The average Bonchev–Trinajstić information content (AvgIpc) is 3.13. The standard InChI is InChI=1S/C21H24F6/c1-12-2-4-13(5-3-12)14-6-15-8-17-10-19(20(22,23)24,21(25,26)27)11-18(17)9-16(15)7-14/h8-9,12-14H,2-7,10-11H2,1H3. The van der Waals surface area contributed by atoms with Crippen LogP contribution in [0.1, 0.15) is 54.9 Å². The van der Waals surface area contributed by atoms with Crippen LogP contribution in [0.15, 0.2) is 12.1 Å². The van der Waals surface area contributed by atoms with Crippen molar-refractivity contribution in [2.45, 2.75) is 70.6 Å². The molecule has 3 aliphatic rings. The zero-order valence-corrected chi connectivity index (χ0v) is 15.3. The Labute approximate surface area is 155 Å². The molecule has 1 aromatic rings. The minimum Gasteiger partial charge on any atom is -0.170 e. The van der Waals surface area contributed by atoms with Crippen LogP contribution in [0.25, 0.3) is 0 Å². The minimum absolute atomic E-state index is 0.237. The molecule has 4 rings (SSSR count). The van der Waals surface area contributed by atoms with Crippen molar-refractivity contribution in [1.29, 1.82) is 0 Å². The molecular formula is C21H24F6. The van der Waals surface area contributed by atoms with E-state index >= 15 is 0 Å². The Hall–Kier alpha value is -1.20. The van der Waals surface area contributed by atoms with Gasteiger partial charge in [0.05, 0.1) is 0 Å². The van der Waals surface area contributed by atoms with Gasteiger partial charge in [0, 0.05) is 0 Å². The average molecular weight is 390 g/mol. The molecule has 27 heavy (non-hydrogen) atoms. The first-order valence-electron chi connectivity index (χ1n) is 9.77. The predicted molar refractivity (Wildman–Crippen MR) is 90.4 cm³/mol. The molecule has 0 aliphatic heterocycles. The normalized spacial score (nSPS) is 28.3. The number of benzene rings is 1. The Morgan fingerprint density at radius 2 is 1.15 bits per heavy atom. The van der Waals surface area contributed by atoms with Crippen LogP contribution < -0.4 is 0 Å². The van der Waals surface area contributed by atoms with Crippen molar-refractivity contribution in [3.05, 3.63) is 34.4 Å². The molecule has 1 fully saturated rings. The minimum atomic E-state index is -5.30. The van der Waals surface area contributed by atoms with Crippen molar-refractivity contribution < 1.29 is 26.3 Å². The second-order valence-corrected chi connectivity index (χ2v) is 9.01. The molecule has 1 saturated carbocycles. The summed E-state index contributed by atoms with van der Waals surface area (Å²) < 4.78 is 80.3. The van der Waals surface area contributed by atoms with Crippen molar-refractivity contribution in [3.63, 3.8) is 0 Å². The first kappa shape index (κ1) is 19.1. The lowest BCUT2D eigenvalue weighted by Gasteiger charge is -2.33. The molecule has 0 atom stereocenters. The molecule has 1 aromatic carbocycles. The van der Waals surface area contributed by atoms with Crippen molar-refractivity contribution in [3.8, 4) is 0 Å². The zero-order valence-electron chi connectivity index (χ0n) is 15.3. The summed E-state index contributed by atoms with van der Waals surface area (Å²) in [4.78, 5) is 0. The molecule has 0 spiro atoms. The fourth-order valence-electron chi connectivity index (χ4n) is 5.50. The number of rotatable bonds is 1. The van der Waals surface area contributed by atoms with Crippen LogP contribution in [0, 0.1) is 23.2 Å². The van der Waals surface area contributed by atoms with Crippen molar-refractivity contribution in [1.82, 2.24) is 0 Å². The molecule has 6 heteroatoms. The van der Waals surface area contributed by atoms with Crippen LogP contribution >= 0.6 is 0 Å². The highest BCUT2D eigenvalue weighted by Gasteiger charge is 2.72. The van der Waals surface area contributed by atoms with Crippen molar-refractivity contribution >= 4 is 0 Å². The number of halogens is 6. The van der Waals surface area contributed by atoms with Gasteiger partial charge in [-0.25, -0.2) is 0 Å². The van der Waals surface area contributed by atoms with Gasteiger partial charge < -0.3 is 0 Å². The van der Waals surface area contributed by atoms with Crippen molar-refractivity contribution in [2.75, 3.05) is 0 Å². The highest BCUT2D eigenvalue weighted by Crippen LogP contribution is 2.58. The van der Waals surface area contributed by atoms with E-state index in [9.17, 15) is 26.3 Å². The number of alkyl halides is 6. The van der Waals surface area contributed by atoms with E-state index in [0.29, 0.717) is 11.8 Å². The molecule has 0 bridgehead atoms. The summed E-state index contributed by atoms with van der Waals surface area (Å²) >= 11 is 0. The maximum Gasteiger partial charge on any atom is 0.403 e.